The highest BCUT2D eigenvalue weighted by Gasteiger charge is 2.48. The van der Waals surface area contributed by atoms with Gasteiger partial charge in [0.15, 0.2) is 5.82 Å². The number of hydrogen-bond donors (Lipinski definition) is 1. The number of benzene rings is 3. The predicted octanol–water partition coefficient (Wildman–Crippen LogP) is 5.71. The Hall–Kier alpha value is -4.65. The molecule has 0 aliphatic carbocycles. The smallest absolute Gasteiger partial charge is 0.301 e. The first-order valence-electron chi connectivity index (χ1n) is 11.1. The largest absolute Gasteiger partial charge is 0.507 e. The van der Waals surface area contributed by atoms with Crippen molar-refractivity contribution in [1.29, 1.82) is 0 Å². The van der Waals surface area contributed by atoms with E-state index >= 15 is 0 Å². The first-order chi connectivity index (χ1) is 16.9. The molecule has 1 aliphatic heterocycles. The minimum Gasteiger partial charge on any atom is -0.507 e. The zero-order chi connectivity index (χ0) is 24.5. The number of aromatic nitrogens is 1. The molecule has 174 valence electrons. The van der Waals surface area contributed by atoms with Crippen LogP contribution in [0.1, 0.15) is 28.5 Å². The van der Waals surface area contributed by atoms with Crippen LogP contribution in [-0.2, 0) is 9.59 Å². The molecule has 1 unspecified atom stereocenters. The molecule has 0 bridgehead atoms. The topological polar surface area (TPSA) is 92.9 Å². The Balaban J connectivity index is 1.65. The Morgan fingerprint density at radius 3 is 2.31 bits per heavy atom. The number of ketones is 1. The zero-order valence-corrected chi connectivity index (χ0v) is 19.1. The van der Waals surface area contributed by atoms with E-state index in [9.17, 15) is 14.7 Å². The van der Waals surface area contributed by atoms with Gasteiger partial charge in [0.25, 0.3) is 5.78 Å². The summed E-state index contributed by atoms with van der Waals surface area (Å²) in [7, 11) is 0. The van der Waals surface area contributed by atoms with E-state index in [2.05, 4.69) is 5.16 Å². The molecule has 1 amide bonds. The monoisotopic (exact) mass is 466 g/mol. The normalized spacial score (nSPS) is 17.1. The van der Waals surface area contributed by atoms with E-state index in [-0.39, 0.29) is 17.2 Å². The number of rotatable bonds is 5. The molecule has 1 aromatic heterocycles. The molecule has 7 heteroatoms. The van der Waals surface area contributed by atoms with Crippen molar-refractivity contribution in [2.45, 2.75) is 19.9 Å². The number of nitrogens with zero attached hydrogens (tertiary/aromatic N) is 2. The van der Waals surface area contributed by atoms with E-state index in [1.807, 2.05) is 49.4 Å². The quantitative estimate of drug-likeness (QED) is 0.230. The fourth-order valence-electron chi connectivity index (χ4n) is 4.09. The van der Waals surface area contributed by atoms with Gasteiger partial charge < -0.3 is 14.4 Å². The summed E-state index contributed by atoms with van der Waals surface area (Å²) in [5.74, 6) is -0.0244. The molecule has 0 saturated carbocycles. The lowest BCUT2D eigenvalue weighted by molar-refractivity contribution is -0.132. The number of aryl methyl sites for hydroxylation is 2. The number of anilines is 1. The predicted molar refractivity (Wildman–Crippen MR) is 130 cm³/mol. The van der Waals surface area contributed by atoms with E-state index < -0.39 is 17.7 Å². The van der Waals surface area contributed by atoms with Crippen LogP contribution < -0.4 is 9.64 Å². The lowest BCUT2D eigenvalue weighted by Crippen LogP contribution is -2.29. The summed E-state index contributed by atoms with van der Waals surface area (Å²) in [4.78, 5) is 27.7. The average Bonchev–Trinajstić information content (AvgIpc) is 3.40. The number of aliphatic hydroxyl groups is 1. The second kappa shape index (κ2) is 8.95. The van der Waals surface area contributed by atoms with Crippen molar-refractivity contribution in [2.75, 3.05) is 4.90 Å². The lowest BCUT2D eigenvalue weighted by atomic mass is 9.95. The van der Waals surface area contributed by atoms with Crippen molar-refractivity contribution in [1.82, 2.24) is 5.16 Å². The van der Waals surface area contributed by atoms with Gasteiger partial charge in [0, 0.05) is 11.6 Å². The molecule has 1 N–H and O–H groups in total. The number of hydrogen-bond acceptors (Lipinski definition) is 6. The van der Waals surface area contributed by atoms with Gasteiger partial charge in [0.05, 0.1) is 11.6 Å². The van der Waals surface area contributed by atoms with Crippen LogP contribution >= 0.6 is 0 Å². The molecule has 3 aromatic carbocycles. The molecule has 4 aromatic rings. The third-order valence-electron chi connectivity index (χ3n) is 5.78. The van der Waals surface area contributed by atoms with E-state index in [1.54, 1.807) is 49.4 Å². The van der Waals surface area contributed by atoms with Crippen LogP contribution in [-0.4, -0.2) is 22.0 Å². The molecular formula is C28H22N2O5. The second-order valence-electron chi connectivity index (χ2n) is 8.32. The molecule has 1 fully saturated rings. The maximum absolute atomic E-state index is 13.2. The number of carbonyl (C=O) groups is 2. The third-order valence-corrected chi connectivity index (χ3v) is 5.78. The van der Waals surface area contributed by atoms with Gasteiger partial charge in [-0.05, 0) is 43.7 Å². The highest BCUT2D eigenvalue weighted by atomic mass is 16.5. The summed E-state index contributed by atoms with van der Waals surface area (Å²) >= 11 is 0. The zero-order valence-electron chi connectivity index (χ0n) is 19.1. The molecule has 7 nitrogen and oxygen atoms in total. The van der Waals surface area contributed by atoms with Crippen LogP contribution in [0.3, 0.4) is 0 Å². The van der Waals surface area contributed by atoms with Crippen molar-refractivity contribution < 1.29 is 24.0 Å². The third kappa shape index (κ3) is 4.19. The van der Waals surface area contributed by atoms with Gasteiger partial charge in [0.2, 0.25) is 0 Å². The molecule has 5 rings (SSSR count). The highest BCUT2D eigenvalue weighted by Crippen LogP contribution is 2.42. The average molecular weight is 466 g/mol. The number of Topliss-reactive ketones (excluding diaryl/α,β-unsaturated/α-hetero) is 1. The molecule has 0 spiro atoms. The summed E-state index contributed by atoms with van der Waals surface area (Å²) in [6.07, 6.45) is 0. The van der Waals surface area contributed by atoms with Crippen molar-refractivity contribution >= 4 is 23.3 Å². The van der Waals surface area contributed by atoms with Gasteiger partial charge in [0.1, 0.15) is 23.0 Å². The summed E-state index contributed by atoms with van der Waals surface area (Å²) in [5.41, 5.74) is 1.98. The Bertz CT molecular complexity index is 1440. The highest BCUT2D eigenvalue weighted by molar-refractivity contribution is 6.51. The van der Waals surface area contributed by atoms with Gasteiger partial charge >= 0.3 is 5.91 Å². The fraction of sp³-hybridized carbons (Fsp3) is 0.107. The molecule has 1 aliphatic rings. The van der Waals surface area contributed by atoms with Crippen molar-refractivity contribution in [2.24, 2.45) is 0 Å². The van der Waals surface area contributed by atoms with Gasteiger partial charge in [-0.1, -0.05) is 65.3 Å². The van der Waals surface area contributed by atoms with E-state index in [1.165, 1.54) is 4.90 Å². The van der Waals surface area contributed by atoms with Gasteiger partial charge in [-0.3, -0.25) is 14.5 Å². The van der Waals surface area contributed by atoms with Crippen LogP contribution in [0.15, 0.2) is 95.0 Å². The summed E-state index contributed by atoms with van der Waals surface area (Å²) in [5, 5.41) is 15.2. The first-order valence-corrected chi connectivity index (χ1v) is 11.1. The Labute approximate surface area is 201 Å². The number of ether oxygens (including phenoxy) is 1. The second-order valence-corrected chi connectivity index (χ2v) is 8.32. The van der Waals surface area contributed by atoms with Gasteiger partial charge in [-0.15, -0.1) is 0 Å². The van der Waals surface area contributed by atoms with Gasteiger partial charge in [-0.25, -0.2) is 0 Å². The van der Waals surface area contributed by atoms with Crippen LogP contribution in [0.4, 0.5) is 5.82 Å². The minimum atomic E-state index is -0.930. The molecule has 35 heavy (non-hydrogen) atoms. The minimum absolute atomic E-state index is 0.0311. The molecule has 1 atom stereocenters. The Morgan fingerprint density at radius 1 is 0.914 bits per heavy atom. The Morgan fingerprint density at radius 2 is 1.63 bits per heavy atom. The van der Waals surface area contributed by atoms with Crippen molar-refractivity contribution in [3.8, 4) is 11.5 Å². The van der Waals surface area contributed by atoms with Crippen LogP contribution in [0, 0.1) is 13.8 Å². The molecule has 0 radical (unpaired) electrons. The van der Waals surface area contributed by atoms with Crippen molar-refractivity contribution in [3.05, 3.63) is 113 Å². The molecule has 2 heterocycles. The summed E-state index contributed by atoms with van der Waals surface area (Å²) < 4.78 is 11.2. The number of carbonyl (C=O) groups excluding carboxylic acids is 2. The molecular weight excluding hydrogens is 444 g/mol. The lowest BCUT2D eigenvalue weighted by Gasteiger charge is -2.23. The van der Waals surface area contributed by atoms with Gasteiger partial charge in [-0.2, -0.15) is 0 Å². The number of amides is 1. The number of para-hydroxylation sites is 1. The van der Waals surface area contributed by atoms with E-state index in [0.717, 1.165) is 5.56 Å². The first kappa shape index (κ1) is 22.2. The molecule has 1 saturated heterocycles. The van der Waals surface area contributed by atoms with E-state index in [4.69, 9.17) is 9.26 Å². The summed E-state index contributed by atoms with van der Waals surface area (Å²) in [6, 6.07) is 24.1. The van der Waals surface area contributed by atoms with Crippen molar-refractivity contribution in [3.63, 3.8) is 0 Å². The maximum atomic E-state index is 13.2. The van der Waals surface area contributed by atoms with Crippen LogP contribution in [0.25, 0.3) is 5.76 Å². The summed E-state index contributed by atoms with van der Waals surface area (Å²) in [6.45, 7) is 3.62. The van der Waals surface area contributed by atoms with Crippen LogP contribution in [0.2, 0.25) is 0 Å². The fourth-order valence-corrected chi connectivity index (χ4v) is 4.09. The Kier molecular flexibility index (Phi) is 5.66. The number of aliphatic hydroxyl groups excluding tert-OH is 1. The van der Waals surface area contributed by atoms with Crippen LogP contribution in [0.5, 0.6) is 11.5 Å². The SMILES string of the molecule is Cc1ccc(C(O)=C2C(=O)C(=O)N(c3cc(C)on3)C2c2cccc(Oc3ccccc3)c2)cc1. The maximum Gasteiger partial charge on any atom is 0.301 e. The van der Waals surface area contributed by atoms with E-state index in [0.29, 0.717) is 28.4 Å². The standard InChI is InChI=1S/C28H22N2O5/c1-17-11-13-19(14-12-17)26(31)24-25(30(28(33)27(24)32)23-15-18(2)35-29-23)20-7-6-10-22(16-20)34-21-8-4-3-5-9-21/h3-16,25,31H,1-2H3.